The second kappa shape index (κ2) is 8.36. The molecule has 0 spiro atoms. The van der Waals surface area contributed by atoms with Gasteiger partial charge in [-0.25, -0.2) is 9.37 Å². The third-order valence-electron chi connectivity index (χ3n) is 7.11. The Morgan fingerprint density at radius 1 is 1.16 bits per heavy atom. The van der Waals surface area contributed by atoms with Gasteiger partial charge in [0.1, 0.15) is 24.5 Å². The maximum atomic E-state index is 15.1. The van der Waals surface area contributed by atoms with Crippen molar-refractivity contribution in [3.05, 3.63) is 71.3 Å². The van der Waals surface area contributed by atoms with Crippen molar-refractivity contribution in [3.63, 3.8) is 0 Å². The Bertz CT molecular complexity index is 1780. The summed E-state index contributed by atoms with van der Waals surface area (Å²) in [5, 5.41) is -0.0322. The van der Waals surface area contributed by atoms with E-state index in [1.807, 2.05) is 0 Å². The van der Waals surface area contributed by atoms with Crippen molar-refractivity contribution in [2.45, 2.75) is 25.1 Å². The van der Waals surface area contributed by atoms with Gasteiger partial charge in [-0.15, -0.1) is 0 Å². The third-order valence-corrected chi connectivity index (χ3v) is 8.66. The zero-order valence-electron chi connectivity index (χ0n) is 23.3. The van der Waals surface area contributed by atoms with Crippen LogP contribution in [0, 0.1) is 5.82 Å². The summed E-state index contributed by atoms with van der Waals surface area (Å²) >= 11 is 0. The molecule has 2 aliphatic rings. The number of imidazole rings is 1. The first-order valence-electron chi connectivity index (χ1n) is 13.2. The Kier molecular flexibility index (Phi) is 4.66. The number of nitrogen functional groups attached to an aromatic ring is 1. The molecule has 3 heterocycles. The highest BCUT2D eigenvalue weighted by Crippen LogP contribution is 2.50. The molecule has 0 radical (unpaired) electrons. The molecule has 1 amide bonds. The summed E-state index contributed by atoms with van der Waals surface area (Å²) < 4.78 is 85.3. The number of fused-ring (bicyclic) bond motifs is 9. The average molecular weight is 544 g/mol. The van der Waals surface area contributed by atoms with E-state index in [9.17, 15) is 18.1 Å². The van der Waals surface area contributed by atoms with Crippen LogP contribution in [0.25, 0.3) is 22.2 Å². The number of ether oxygens (including phenoxy) is 1. The molecule has 1 aromatic heterocycles. The molecule has 2 aliphatic heterocycles. The fraction of sp³-hybridized carbons (Fsp3) is 0.259. The van der Waals surface area contributed by atoms with Gasteiger partial charge in [-0.2, -0.15) is 8.78 Å². The molecular formula is C27H24F3N4O3P. The van der Waals surface area contributed by atoms with Crippen molar-refractivity contribution in [2.75, 3.05) is 26.0 Å². The van der Waals surface area contributed by atoms with Crippen molar-refractivity contribution in [1.82, 2.24) is 14.5 Å². The molecule has 7 nitrogen and oxygen atoms in total. The molecule has 0 unspecified atom stereocenters. The molecule has 3 aromatic carbocycles. The quantitative estimate of drug-likeness (QED) is 0.275. The maximum absolute atomic E-state index is 15.1. The number of aromatic nitrogens is 2. The first kappa shape index (κ1) is 21.2. The normalized spacial score (nSPS) is 20.1. The number of carbonyl (C=O) groups excluding carboxylic acids is 1. The smallest absolute Gasteiger partial charge is 0.387 e. The summed E-state index contributed by atoms with van der Waals surface area (Å²) in [6.07, 6.45) is 0.0712. The summed E-state index contributed by atoms with van der Waals surface area (Å²) in [6.45, 7) is -3.16. The predicted octanol–water partition coefficient (Wildman–Crippen LogP) is 5.39. The average Bonchev–Trinajstić information content (AvgIpc) is 3.34. The van der Waals surface area contributed by atoms with Gasteiger partial charge in [0.25, 0.3) is 5.91 Å². The van der Waals surface area contributed by atoms with Crippen LogP contribution >= 0.6 is 7.14 Å². The van der Waals surface area contributed by atoms with Gasteiger partial charge in [0.05, 0.1) is 28.4 Å². The molecule has 0 saturated heterocycles. The molecule has 2 bridgehead atoms. The van der Waals surface area contributed by atoms with Gasteiger partial charge in [-0.3, -0.25) is 4.79 Å². The zero-order chi connectivity index (χ0) is 29.6. The fourth-order valence-electron chi connectivity index (χ4n) is 5.64. The van der Waals surface area contributed by atoms with Crippen LogP contribution in [0.4, 0.5) is 18.9 Å². The number of hydrogen-bond donors (Lipinski definition) is 1. The van der Waals surface area contributed by atoms with Crippen LogP contribution in [-0.2, 0) is 4.57 Å². The van der Waals surface area contributed by atoms with Crippen LogP contribution in [0.5, 0.6) is 5.75 Å². The predicted molar refractivity (Wildman–Crippen MR) is 139 cm³/mol. The lowest BCUT2D eigenvalue weighted by Gasteiger charge is -2.24. The van der Waals surface area contributed by atoms with E-state index < -0.39 is 44.5 Å². The van der Waals surface area contributed by atoms with Crippen LogP contribution in [0.3, 0.4) is 0 Å². The summed E-state index contributed by atoms with van der Waals surface area (Å²) in [4.78, 5) is 19.0. The molecule has 2 N–H and O–H groups in total. The van der Waals surface area contributed by atoms with Gasteiger partial charge in [-0.05, 0) is 60.9 Å². The lowest BCUT2D eigenvalue weighted by Crippen LogP contribution is -2.30. The van der Waals surface area contributed by atoms with Crippen LogP contribution in [0.15, 0.2) is 48.5 Å². The summed E-state index contributed by atoms with van der Waals surface area (Å²) in [7, 11) is -2.99. The summed E-state index contributed by atoms with van der Waals surface area (Å²) in [5.74, 6) is -1.49. The van der Waals surface area contributed by atoms with Gasteiger partial charge in [0, 0.05) is 34.3 Å². The number of halogens is 3. The monoisotopic (exact) mass is 543 g/mol. The van der Waals surface area contributed by atoms with E-state index in [1.54, 1.807) is 22.8 Å². The Morgan fingerprint density at radius 2 is 1.95 bits per heavy atom. The van der Waals surface area contributed by atoms with Gasteiger partial charge >= 0.3 is 6.61 Å². The molecule has 196 valence electrons. The highest BCUT2D eigenvalue weighted by Gasteiger charge is 2.45. The molecule has 0 saturated carbocycles. The summed E-state index contributed by atoms with van der Waals surface area (Å²) in [5.41, 5.74) is 8.17. The SMILES string of the molecule is [2H]C([2H])([2H])N1C(=O)c2cccc(OC(F)F)c2[C@H]2C[C@@H]1c1nc3ccc(-c4cc(N)c(P(C)(C)=O)c(F)c4)cc3n12. The minimum absolute atomic E-state index is 0.0322. The minimum atomic E-state index is -3.17. The van der Waals surface area contributed by atoms with E-state index in [0.29, 0.717) is 22.2 Å². The van der Waals surface area contributed by atoms with Gasteiger partial charge < -0.3 is 24.5 Å². The fourth-order valence-corrected chi connectivity index (χ4v) is 6.91. The van der Waals surface area contributed by atoms with Crippen molar-refractivity contribution < 1.29 is 31.4 Å². The van der Waals surface area contributed by atoms with E-state index >= 15 is 4.39 Å². The van der Waals surface area contributed by atoms with Crippen molar-refractivity contribution in [2.24, 2.45) is 0 Å². The molecule has 0 aliphatic carbocycles. The number of nitrogens with two attached hydrogens (primary N) is 1. The Hall–Kier alpha value is -3.78. The number of carbonyl (C=O) groups is 1. The van der Waals surface area contributed by atoms with E-state index in [4.69, 9.17) is 14.6 Å². The highest BCUT2D eigenvalue weighted by atomic mass is 31.2. The highest BCUT2D eigenvalue weighted by molar-refractivity contribution is 7.70. The Labute approximate surface area is 220 Å². The van der Waals surface area contributed by atoms with Gasteiger partial charge in [0.15, 0.2) is 0 Å². The van der Waals surface area contributed by atoms with Crippen LogP contribution in [-0.4, -0.2) is 47.3 Å². The van der Waals surface area contributed by atoms with Crippen LogP contribution in [0.1, 0.15) is 44.4 Å². The van der Waals surface area contributed by atoms with E-state index in [1.165, 1.54) is 43.7 Å². The third kappa shape index (κ3) is 3.61. The topological polar surface area (TPSA) is 90.5 Å². The number of amides is 1. The van der Waals surface area contributed by atoms with E-state index in [0.717, 1.165) is 4.90 Å². The van der Waals surface area contributed by atoms with Crippen molar-refractivity contribution in [3.8, 4) is 16.9 Å². The first-order valence-corrected chi connectivity index (χ1v) is 14.3. The molecule has 0 fully saturated rings. The van der Waals surface area contributed by atoms with Gasteiger partial charge in [0.2, 0.25) is 0 Å². The Balaban J connectivity index is 1.59. The molecule has 38 heavy (non-hydrogen) atoms. The second-order valence-electron chi connectivity index (χ2n) is 9.83. The number of nitrogens with zero attached hydrogens (tertiary/aromatic N) is 3. The lowest BCUT2D eigenvalue weighted by atomic mass is 9.97. The summed E-state index contributed by atoms with van der Waals surface area (Å²) in [6, 6.07) is 10.2. The van der Waals surface area contributed by atoms with E-state index in [2.05, 4.69) is 4.98 Å². The zero-order valence-corrected chi connectivity index (χ0v) is 21.2. The number of benzene rings is 3. The lowest BCUT2D eigenvalue weighted by molar-refractivity contribution is -0.0507. The molecular weight excluding hydrogens is 516 g/mol. The van der Waals surface area contributed by atoms with Crippen molar-refractivity contribution >= 4 is 35.1 Å². The Morgan fingerprint density at radius 3 is 2.63 bits per heavy atom. The minimum Gasteiger partial charge on any atom is -0.434 e. The van der Waals surface area contributed by atoms with Crippen LogP contribution in [0.2, 0.25) is 0 Å². The standard InChI is InChI=1S/C27H24F3N4O3P/c1-33-21-12-20(23-15(26(33)35)5-4-6-22(23)37-27(29)30)34-19-11-13(7-8-18(19)32-25(21)34)14-9-16(28)24(17(31)10-14)38(2,3)36/h4-11,20-21,27H,12,31H2,1-3H3/t20-,21-/m1/s1/i1D3. The number of anilines is 1. The maximum Gasteiger partial charge on any atom is 0.387 e. The second-order valence-corrected chi connectivity index (χ2v) is 13.0. The molecule has 2 atom stereocenters. The largest absolute Gasteiger partial charge is 0.434 e. The van der Waals surface area contributed by atoms with E-state index in [-0.39, 0.29) is 40.1 Å². The first-order chi connectivity index (χ1) is 19.2. The number of alkyl halides is 2. The molecule has 11 heteroatoms. The molecule has 6 rings (SSSR count). The molecule has 4 aromatic rings. The number of hydrogen-bond acceptors (Lipinski definition) is 5. The van der Waals surface area contributed by atoms with Gasteiger partial charge in [-0.1, -0.05) is 12.1 Å². The van der Waals surface area contributed by atoms with Crippen molar-refractivity contribution in [1.29, 1.82) is 0 Å². The van der Waals surface area contributed by atoms with Crippen LogP contribution < -0.4 is 15.8 Å². The number of rotatable bonds is 4.